The summed E-state index contributed by atoms with van der Waals surface area (Å²) in [5.41, 5.74) is -2.14. The number of hydrogen-bond donors (Lipinski definition) is 2. The van der Waals surface area contributed by atoms with Gasteiger partial charge in [0.2, 0.25) is 5.53 Å². The fourth-order valence-corrected chi connectivity index (χ4v) is 4.76. The van der Waals surface area contributed by atoms with Gasteiger partial charge in [0.15, 0.2) is 0 Å². The van der Waals surface area contributed by atoms with Gasteiger partial charge in [-0.3, -0.25) is 4.57 Å². The fraction of sp³-hybridized carbons (Fsp3) is 0.938. The Kier molecular flexibility index (Phi) is 10.2. The first kappa shape index (κ1) is 24.3. The molecule has 2 unspecified atom stereocenters. The molecule has 1 amide bonds. The molecule has 8 nitrogen and oxygen atoms in total. The van der Waals surface area contributed by atoms with E-state index in [0.29, 0.717) is 0 Å². The van der Waals surface area contributed by atoms with Gasteiger partial charge in [-0.15, -0.1) is 0 Å². The summed E-state index contributed by atoms with van der Waals surface area (Å²) in [5.74, 6) is 0. The number of alkyl carbamates (subject to hydrolysis) is 1. The SMILES string of the molecule is CCOC(C)(OCC)P(=O)(CC(CO)NC(=O)OC(C)(C)C)OCC. The number of hydrogen-bond acceptors (Lipinski definition) is 7. The predicted octanol–water partition coefficient (Wildman–Crippen LogP) is 2.93. The van der Waals surface area contributed by atoms with Crippen molar-refractivity contribution in [1.82, 2.24) is 5.32 Å². The van der Waals surface area contributed by atoms with Crippen LogP contribution in [-0.2, 0) is 23.3 Å². The third kappa shape index (κ3) is 8.05. The average molecular weight is 383 g/mol. The summed E-state index contributed by atoms with van der Waals surface area (Å²) in [5, 5.41) is 12.1. The number of amides is 1. The maximum Gasteiger partial charge on any atom is 0.407 e. The van der Waals surface area contributed by atoms with Crippen LogP contribution in [0.1, 0.15) is 48.5 Å². The Balaban J connectivity index is 5.35. The molecule has 0 heterocycles. The first-order valence-corrected chi connectivity index (χ1v) is 10.4. The van der Waals surface area contributed by atoms with Crippen molar-refractivity contribution in [3.63, 3.8) is 0 Å². The molecule has 9 heteroatoms. The molecule has 0 aliphatic carbocycles. The van der Waals surface area contributed by atoms with Gasteiger partial charge in [0.05, 0.1) is 25.4 Å². The van der Waals surface area contributed by atoms with Crippen molar-refractivity contribution in [2.45, 2.75) is 65.6 Å². The lowest BCUT2D eigenvalue weighted by Crippen LogP contribution is -2.45. The summed E-state index contributed by atoms with van der Waals surface area (Å²) in [6, 6.07) is -0.826. The molecule has 0 aliphatic rings. The molecule has 0 aromatic heterocycles. The summed E-state index contributed by atoms with van der Waals surface area (Å²) in [6.45, 7) is 12.3. The molecule has 0 aromatic carbocycles. The highest BCUT2D eigenvalue weighted by Crippen LogP contribution is 2.60. The minimum atomic E-state index is -3.53. The number of carbonyl (C=O) groups is 1. The molecule has 0 fully saturated rings. The third-order valence-corrected chi connectivity index (χ3v) is 6.28. The molecular weight excluding hydrogens is 349 g/mol. The highest BCUT2D eigenvalue weighted by molar-refractivity contribution is 7.60. The Hall–Kier alpha value is -0.660. The zero-order chi connectivity index (χ0) is 19.7. The molecule has 150 valence electrons. The molecule has 2 atom stereocenters. The molecular formula is C16H34NO7P. The lowest BCUT2D eigenvalue weighted by molar-refractivity contribution is -0.168. The van der Waals surface area contributed by atoms with Crippen molar-refractivity contribution in [1.29, 1.82) is 0 Å². The molecule has 0 saturated carbocycles. The lowest BCUT2D eigenvalue weighted by Gasteiger charge is -2.37. The summed E-state index contributed by atoms with van der Waals surface area (Å²) in [4.78, 5) is 11.9. The van der Waals surface area contributed by atoms with Gasteiger partial charge in [-0.05, 0) is 48.5 Å². The Morgan fingerprint density at radius 2 is 1.60 bits per heavy atom. The van der Waals surface area contributed by atoms with E-state index >= 15 is 0 Å². The molecule has 0 bridgehead atoms. The first-order valence-electron chi connectivity index (χ1n) is 8.58. The summed E-state index contributed by atoms with van der Waals surface area (Å²) in [6.07, 6.45) is -0.850. The van der Waals surface area contributed by atoms with Crippen LogP contribution >= 0.6 is 7.37 Å². The highest BCUT2D eigenvalue weighted by Gasteiger charge is 2.49. The van der Waals surface area contributed by atoms with Crippen molar-refractivity contribution < 1.29 is 33.2 Å². The second-order valence-electron chi connectivity index (χ2n) is 6.56. The molecule has 25 heavy (non-hydrogen) atoms. The van der Waals surface area contributed by atoms with Gasteiger partial charge in [-0.2, -0.15) is 0 Å². The Labute approximate surface area is 151 Å². The van der Waals surface area contributed by atoms with Crippen LogP contribution in [0, 0.1) is 0 Å². The monoisotopic (exact) mass is 383 g/mol. The van der Waals surface area contributed by atoms with Crippen molar-refractivity contribution >= 4 is 13.5 Å². The van der Waals surface area contributed by atoms with Gasteiger partial charge in [0, 0.05) is 13.2 Å². The quantitative estimate of drug-likeness (QED) is 0.418. The van der Waals surface area contributed by atoms with Crippen molar-refractivity contribution in [3.05, 3.63) is 0 Å². The molecule has 0 spiro atoms. The largest absolute Gasteiger partial charge is 0.444 e. The van der Waals surface area contributed by atoms with Crippen LogP contribution < -0.4 is 5.32 Å². The Bertz CT molecular complexity index is 444. The normalized spacial score (nSPS) is 16.2. The summed E-state index contributed by atoms with van der Waals surface area (Å²) >= 11 is 0. The van der Waals surface area contributed by atoms with E-state index in [0.717, 1.165) is 0 Å². The standard InChI is InChI=1S/C16H34NO7P/c1-8-21-16(7,22-9-2)25(20,23-10-3)12-13(11-18)17-14(19)24-15(4,5)6/h13,18H,8-12H2,1-7H3,(H,17,19). The summed E-state index contributed by atoms with van der Waals surface area (Å²) < 4.78 is 35.3. The van der Waals surface area contributed by atoms with E-state index in [9.17, 15) is 14.5 Å². The fourth-order valence-electron chi connectivity index (χ4n) is 2.23. The molecule has 0 radical (unpaired) electrons. The smallest absolute Gasteiger partial charge is 0.407 e. The summed E-state index contributed by atoms with van der Waals surface area (Å²) in [7, 11) is -3.53. The third-order valence-electron chi connectivity index (χ3n) is 3.18. The van der Waals surface area contributed by atoms with E-state index in [-0.39, 0.29) is 26.0 Å². The van der Waals surface area contributed by atoms with Gasteiger partial charge in [0.25, 0.3) is 7.37 Å². The minimum absolute atomic E-state index is 0.146. The van der Waals surface area contributed by atoms with Crippen LogP contribution in [0.3, 0.4) is 0 Å². The second-order valence-corrected chi connectivity index (χ2v) is 9.35. The van der Waals surface area contributed by atoms with Gasteiger partial charge in [0.1, 0.15) is 5.60 Å². The molecule has 0 saturated heterocycles. The van der Waals surface area contributed by atoms with Crippen LogP contribution in [0.2, 0.25) is 0 Å². The second kappa shape index (κ2) is 10.5. The van der Waals surface area contributed by atoms with Gasteiger partial charge >= 0.3 is 6.09 Å². The maximum atomic E-state index is 13.5. The van der Waals surface area contributed by atoms with Crippen molar-refractivity contribution in [2.75, 3.05) is 32.6 Å². The van der Waals surface area contributed by atoms with Crippen LogP contribution in [0.25, 0.3) is 0 Å². The van der Waals surface area contributed by atoms with Crippen molar-refractivity contribution in [3.8, 4) is 0 Å². The Morgan fingerprint density at radius 1 is 1.08 bits per heavy atom. The number of aliphatic hydroxyl groups excluding tert-OH is 1. The number of carbonyl (C=O) groups excluding carboxylic acids is 1. The lowest BCUT2D eigenvalue weighted by atomic mass is 10.2. The molecule has 2 N–H and O–H groups in total. The topological polar surface area (TPSA) is 103 Å². The van der Waals surface area contributed by atoms with Gasteiger partial charge in [-0.25, -0.2) is 4.79 Å². The molecule has 0 aromatic rings. The van der Waals surface area contributed by atoms with E-state index in [1.54, 1.807) is 48.5 Å². The van der Waals surface area contributed by atoms with E-state index in [2.05, 4.69) is 5.32 Å². The first-order chi connectivity index (χ1) is 11.5. The predicted molar refractivity (Wildman–Crippen MR) is 96.0 cm³/mol. The van der Waals surface area contributed by atoms with Crippen molar-refractivity contribution in [2.24, 2.45) is 0 Å². The van der Waals surface area contributed by atoms with Gasteiger partial charge in [-0.1, -0.05) is 0 Å². The number of nitrogens with one attached hydrogen (secondary N) is 1. The van der Waals surface area contributed by atoms with E-state index < -0.39 is 37.2 Å². The zero-order valence-electron chi connectivity index (χ0n) is 16.5. The minimum Gasteiger partial charge on any atom is -0.444 e. The maximum absolute atomic E-state index is 13.5. The molecule has 0 aliphatic heterocycles. The van der Waals surface area contributed by atoms with Crippen LogP contribution in [-0.4, -0.2) is 61.0 Å². The number of rotatable bonds is 11. The van der Waals surface area contributed by atoms with Gasteiger partial charge < -0.3 is 29.2 Å². The zero-order valence-corrected chi connectivity index (χ0v) is 17.4. The van der Waals surface area contributed by atoms with E-state index in [1.165, 1.54) is 0 Å². The molecule has 0 rings (SSSR count). The van der Waals surface area contributed by atoms with Crippen LogP contribution in [0.4, 0.5) is 4.79 Å². The number of ether oxygens (including phenoxy) is 3. The van der Waals surface area contributed by atoms with Crippen LogP contribution in [0.5, 0.6) is 0 Å². The average Bonchev–Trinajstić information content (AvgIpc) is 2.45. The van der Waals surface area contributed by atoms with Crippen LogP contribution in [0.15, 0.2) is 0 Å². The number of aliphatic hydroxyl groups is 1. The van der Waals surface area contributed by atoms with E-state index in [1.807, 2.05) is 0 Å². The Morgan fingerprint density at radius 3 is 1.96 bits per heavy atom. The van der Waals surface area contributed by atoms with E-state index in [4.69, 9.17) is 18.7 Å². The highest BCUT2D eigenvalue weighted by atomic mass is 31.2.